The van der Waals surface area contributed by atoms with Gasteiger partial charge in [0.1, 0.15) is 5.78 Å². The number of hydrogen-bond acceptors (Lipinski definition) is 4. The summed E-state index contributed by atoms with van der Waals surface area (Å²) in [7, 11) is 0. The molecule has 16 heavy (non-hydrogen) atoms. The molecule has 0 aromatic carbocycles. The number of rotatable bonds is 5. The molecule has 1 aliphatic rings. The Morgan fingerprint density at radius 2 is 1.94 bits per heavy atom. The summed E-state index contributed by atoms with van der Waals surface area (Å²) in [5.74, 6) is -1.20. The molecule has 1 fully saturated rings. The maximum absolute atomic E-state index is 11.7. The Morgan fingerprint density at radius 3 is 2.44 bits per heavy atom. The minimum atomic E-state index is -0.887. The highest BCUT2D eigenvalue weighted by atomic mass is 16.5. The molecule has 4 nitrogen and oxygen atoms in total. The molecule has 1 rings (SSSR count). The summed E-state index contributed by atoms with van der Waals surface area (Å²) in [6.45, 7) is 3.89. The van der Waals surface area contributed by atoms with E-state index in [9.17, 15) is 14.4 Å². The van der Waals surface area contributed by atoms with Gasteiger partial charge in [-0.05, 0) is 32.1 Å². The van der Waals surface area contributed by atoms with Crippen LogP contribution in [0.1, 0.15) is 39.5 Å². The van der Waals surface area contributed by atoms with Crippen LogP contribution >= 0.6 is 0 Å². The van der Waals surface area contributed by atoms with Gasteiger partial charge in [-0.1, -0.05) is 6.92 Å². The number of carbonyl (C=O) groups is 3. The van der Waals surface area contributed by atoms with Crippen molar-refractivity contribution in [3.63, 3.8) is 0 Å². The van der Waals surface area contributed by atoms with Crippen molar-refractivity contribution in [2.75, 3.05) is 6.61 Å². The van der Waals surface area contributed by atoms with E-state index in [0.717, 1.165) is 19.3 Å². The molecule has 0 aromatic heterocycles. The molecule has 0 radical (unpaired) electrons. The second-order valence-corrected chi connectivity index (χ2v) is 4.40. The van der Waals surface area contributed by atoms with Gasteiger partial charge in [0, 0.05) is 5.92 Å². The molecule has 0 aromatic rings. The number of Topliss-reactive ketones (excluding diaryl/α,β-unsaturated/α-hetero) is 2. The molecular weight excluding hydrogens is 208 g/mol. The second-order valence-electron chi connectivity index (χ2n) is 4.40. The Bertz CT molecular complexity index is 295. The van der Waals surface area contributed by atoms with Crippen LogP contribution < -0.4 is 0 Å². The summed E-state index contributed by atoms with van der Waals surface area (Å²) in [5.41, 5.74) is 0. The van der Waals surface area contributed by atoms with Gasteiger partial charge in [-0.25, -0.2) is 4.79 Å². The topological polar surface area (TPSA) is 60.4 Å². The first-order valence-corrected chi connectivity index (χ1v) is 5.77. The van der Waals surface area contributed by atoms with E-state index in [1.165, 1.54) is 0 Å². The molecule has 2 atom stereocenters. The Hall–Kier alpha value is -1.19. The third-order valence-corrected chi connectivity index (χ3v) is 2.99. The predicted molar refractivity (Wildman–Crippen MR) is 57.8 cm³/mol. The largest absolute Gasteiger partial charge is 0.460 e. The number of carbonyl (C=O) groups excluding carboxylic acids is 3. The fourth-order valence-corrected chi connectivity index (χ4v) is 2.09. The van der Waals surface area contributed by atoms with E-state index in [-0.39, 0.29) is 24.7 Å². The van der Waals surface area contributed by atoms with Crippen LogP contribution in [-0.2, 0) is 19.1 Å². The molecule has 1 aliphatic carbocycles. The monoisotopic (exact) mass is 226 g/mol. The van der Waals surface area contributed by atoms with Crippen LogP contribution in [0.2, 0.25) is 0 Å². The van der Waals surface area contributed by atoms with Crippen molar-refractivity contribution >= 4 is 17.5 Å². The standard InChI is InChI=1S/C12H18O4/c1-3-16-12(15)11(14)7-10(13)9-5-4-8(2)6-9/h8-9H,3-7H2,1-2H3. The van der Waals surface area contributed by atoms with Crippen LogP contribution in [0.3, 0.4) is 0 Å². The Labute approximate surface area is 95.3 Å². The zero-order valence-electron chi connectivity index (χ0n) is 9.82. The van der Waals surface area contributed by atoms with Crippen LogP contribution in [0.5, 0.6) is 0 Å². The molecule has 0 bridgehead atoms. The molecule has 4 heteroatoms. The molecule has 0 saturated heterocycles. The van der Waals surface area contributed by atoms with Gasteiger partial charge in [0.25, 0.3) is 0 Å². The Morgan fingerprint density at radius 1 is 1.25 bits per heavy atom. The summed E-state index contributed by atoms with van der Waals surface area (Å²) in [5, 5.41) is 0. The molecule has 2 unspecified atom stereocenters. The lowest BCUT2D eigenvalue weighted by atomic mass is 9.97. The highest BCUT2D eigenvalue weighted by Gasteiger charge is 2.30. The average molecular weight is 226 g/mol. The summed E-state index contributed by atoms with van der Waals surface area (Å²) in [4.78, 5) is 34.0. The fraction of sp³-hybridized carbons (Fsp3) is 0.750. The molecule has 0 aliphatic heterocycles. The minimum Gasteiger partial charge on any atom is -0.460 e. The van der Waals surface area contributed by atoms with E-state index in [0.29, 0.717) is 5.92 Å². The van der Waals surface area contributed by atoms with Crippen LogP contribution in [0, 0.1) is 11.8 Å². The van der Waals surface area contributed by atoms with Gasteiger partial charge in [0.2, 0.25) is 5.78 Å². The first-order chi connectivity index (χ1) is 7.54. The normalized spacial score (nSPS) is 24.1. The summed E-state index contributed by atoms with van der Waals surface area (Å²) in [6, 6.07) is 0. The lowest BCUT2D eigenvalue weighted by Gasteiger charge is -2.07. The second kappa shape index (κ2) is 5.77. The van der Waals surface area contributed by atoms with E-state index in [1.807, 2.05) is 0 Å². The first-order valence-electron chi connectivity index (χ1n) is 5.77. The first kappa shape index (κ1) is 12.9. The van der Waals surface area contributed by atoms with Crippen LogP contribution in [-0.4, -0.2) is 24.1 Å². The number of ether oxygens (including phenoxy) is 1. The smallest absolute Gasteiger partial charge is 0.375 e. The number of hydrogen-bond donors (Lipinski definition) is 0. The van der Waals surface area contributed by atoms with E-state index < -0.39 is 11.8 Å². The van der Waals surface area contributed by atoms with Gasteiger partial charge in [0.05, 0.1) is 13.0 Å². The summed E-state index contributed by atoms with van der Waals surface area (Å²) < 4.78 is 4.55. The van der Waals surface area contributed by atoms with Crippen molar-refractivity contribution in [1.29, 1.82) is 0 Å². The van der Waals surface area contributed by atoms with Crippen molar-refractivity contribution in [3.05, 3.63) is 0 Å². The third-order valence-electron chi connectivity index (χ3n) is 2.99. The molecule has 0 heterocycles. The van der Waals surface area contributed by atoms with Gasteiger partial charge < -0.3 is 4.74 Å². The molecule has 90 valence electrons. The summed E-state index contributed by atoms with van der Waals surface area (Å²) in [6.07, 6.45) is 2.42. The third kappa shape index (κ3) is 3.43. The maximum atomic E-state index is 11.7. The van der Waals surface area contributed by atoms with Gasteiger partial charge >= 0.3 is 5.97 Å². The van der Waals surface area contributed by atoms with Crippen LogP contribution in [0.15, 0.2) is 0 Å². The van der Waals surface area contributed by atoms with E-state index in [4.69, 9.17) is 0 Å². The summed E-state index contributed by atoms with van der Waals surface area (Å²) >= 11 is 0. The van der Waals surface area contributed by atoms with Gasteiger partial charge in [-0.15, -0.1) is 0 Å². The zero-order chi connectivity index (χ0) is 12.1. The van der Waals surface area contributed by atoms with Crippen molar-refractivity contribution in [1.82, 2.24) is 0 Å². The van der Waals surface area contributed by atoms with Crippen molar-refractivity contribution in [3.8, 4) is 0 Å². The van der Waals surface area contributed by atoms with E-state index in [2.05, 4.69) is 11.7 Å². The molecule has 1 saturated carbocycles. The Kier molecular flexibility index (Phi) is 4.65. The predicted octanol–water partition coefficient (Wildman–Crippen LogP) is 1.51. The minimum absolute atomic E-state index is 0.0339. The molecule has 0 amide bonds. The fourth-order valence-electron chi connectivity index (χ4n) is 2.09. The zero-order valence-corrected chi connectivity index (χ0v) is 9.82. The van der Waals surface area contributed by atoms with Crippen molar-refractivity contribution in [2.24, 2.45) is 11.8 Å². The Balaban J connectivity index is 2.39. The van der Waals surface area contributed by atoms with Gasteiger partial charge in [0.15, 0.2) is 0 Å². The molecular formula is C12H18O4. The lowest BCUT2D eigenvalue weighted by molar-refractivity contribution is -0.154. The highest BCUT2D eigenvalue weighted by molar-refractivity contribution is 6.37. The van der Waals surface area contributed by atoms with E-state index in [1.54, 1.807) is 6.92 Å². The van der Waals surface area contributed by atoms with Crippen molar-refractivity contribution < 1.29 is 19.1 Å². The highest BCUT2D eigenvalue weighted by Crippen LogP contribution is 2.31. The maximum Gasteiger partial charge on any atom is 0.375 e. The molecule has 0 N–H and O–H groups in total. The van der Waals surface area contributed by atoms with Gasteiger partial charge in [-0.3, -0.25) is 9.59 Å². The SMILES string of the molecule is CCOC(=O)C(=O)CC(=O)C1CCC(C)C1. The average Bonchev–Trinajstić information content (AvgIpc) is 2.65. The molecule has 0 spiro atoms. The number of ketones is 2. The van der Waals surface area contributed by atoms with Crippen LogP contribution in [0.4, 0.5) is 0 Å². The quantitative estimate of drug-likeness (QED) is 0.405. The van der Waals surface area contributed by atoms with Crippen LogP contribution in [0.25, 0.3) is 0 Å². The number of esters is 1. The van der Waals surface area contributed by atoms with E-state index >= 15 is 0 Å². The lowest BCUT2D eigenvalue weighted by Crippen LogP contribution is -2.23. The van der Waals surface area contributed by atoms with Crippen molar-refractivity contribution in [2.45, 2.75) is 39.5 Å². The van der Waals surface area contributed by atoms with Gasteiger partial charge in [-0.2, -0.15) is 0 Å².